The van der Waals surface area contributed by atoms with Crippen LogP contribution in [0.1, 0.15) is 30.4 Å². The SMILES string of the molecule is Cc1cc(OCCCCCS(=O)(=O)Cl)cc(C)c1Cl. The maximum Gasteiger partial charge on any atom is 0.232 e. The fourth-order valence-corrected chi connectivity index (χ4v) is 2.72. The zero-order valence-electron chi connectivity index (χ0n) is 11.1. The monoisotopic (exact) mass is 324 g/mol. The van der Waals surface area contributed by atoms with Crippen molar-refractivity contribution in [3.05, 3.63) is 28.3 Å². The quantitative estimate of drug-likeness (QED) is 0.560. The maximum absolute atomic E-state index is 10.7. The molecule has 0 unspecified atom stereocenters. The molecule has 3 nitrogen and oxygen atoms in total. The molecule has 0 aliphatic carbocycles. The van der Waals surface area contributed by atoms with Gasteiger partial charge in [-0.05, 0) is 56.4 Å². The van der Waals surface area contributed by atoms with E-state index in [2.05, 4.69) is 0 Å². The Morgan fingerprint density at radius 1 is 1.11 bits per heavy atom. The molecule has 0 spiro atoms. The summed E-state index contributed by atoms with van der Waals surface area (Å²) in [6.45, 7) is 4.43. The number of hydrogen-bond acceptors (Lipinski definition) is 3. The molecule has 1 rings (SSSR count). The van der Waals surface area contributed by atoms with Crippen LogP contribution in [0.3, 0.4) is 0 Å². The zero-order valence-corrected chi connectivity index (χ0v) is 13.4. The van der Waals surface area contributed by atoms with Crippen LogP contribution in [-0.4, -0.2) is 20.8 Å². The van der Waals surface area contributed by atoms with Gasteiger partial charge in [-0.2, -0.15) is 0 Å². The van der Waals surface area contributed by atoms with Crippen LogP contribution in [0.4, 0.5) is 0 Å². The molecule has 0 bridgehead atoms. The van der Waals surface area contributed by atoms with Gasteiger partial charge in [0.05, 0.1) is 12.4 Å². The molecular formula is C13H18Cl2O3S. The zero-order chi connectivity index (χ0) is 14.5. The first-order valence-electron chi connectivity index (χ1n) is 6.11. The van der Waals surface area contributed by atoms with Gasteiger partial charge < -0.3 is 4.74 Å². The Kier molecular flexibility index (Phi) is 6.43. The highest BCUT2D eigenvalue weighted by Gasteiger charge is 2.05. The fourth-order valence-electron chi connectivity index (χ4n) is 1.73. The molecule has 0 radical (unpaired) electrons. The second kappa shape index (κ2) is 7.36. The van der Waals surface area contributed by atoms with Crippen LogP contribution < -0.4 is 4.74 Å². The van der Waals surface area contributed by atoms with Crippen molar-refractivity contribution in [2.75, 3.05) is 12.4 Å². The maximum atomic E-state index is 10.7. The Balaban J connectivity index is 2.30. The highest BCUT2D eigenvalue weighted by molar-refractivity contribution is 8.13. The van der Waals surface area contributed by atoms with Crippen molar-refractivity contribution >= 4 is 31.3 Å². The van der Waals surface area contributed by atoms with Crippen LogP contribution in [0, 0.1) is 13.8 Å². The smallest absolute Gasteiger partial charge is 0.232 e. The number of rotatable bonds is 7. The molecule has 0 aliphatic rings. The number of aryl methyl sites for hydroxylation is 2. The summed E-state index contributed by atoms with van der Waals surface area (Å²) < 4.78 is 27.0. The minimum Gasteiger partial charge on any atom is -0.494 e. The largest absolute Gasteiger partial charge is 0.494 e. The lowest BCUT2D eigenvalue weighted by atomic mass is 10.1. The molecule has 0 saturated heterocycles. The van der Waals surface area contributed by atoms with E-state index in [9.17, 15) is 8.42 Å². The van der Waals surface area contributed by atoms with E-state index in [1.54, 1.807) is 0 Å². The van der Waals surface area contributed by atoms with E-state index in [4.69, 9.17) is 27.0 Å². The number of benzene rings is 1. The van der Waals surface area contributed by atoms with E-state index >= 15 is 0 Å². The molecule has 0 amide bonds. The van der Waals surface area contributed by atoms with E-state index in [-0.39, 0.29) is 5.75 Å². The predicted octanol–water partition coefficient (Wildman–Crippen LogP) is 4.07. The summed E-state index contributed by atoms with van der Waals surface area (Å²) >= 11 is 6.07. The Morgan fingerprint density at radius 2 is 1.68 bits per heavy atom. The van der Waals surface area contributed by atoms with Crippen LogP contribution in [0.25, 0.3) is 0 Å². The number of ether oxygens (including phenoxy) is 1. The van der Waals surface area contributed by atoms with Crippen molar-refractivity contribution in [1.82, 2.24) is 0 Å². The second-order valence-electron chi connectivity index (χ2n) is 4.52. The van der Waals surface area contributed by atoms with Gasteiger partial charge in [-0.25, -0.2) is 8.42 Å². The van der Waals surface area contributed by atoms with E-state index in [1.165, 1.54) is 0 Å². The van der Waals surface area contributed by atoms with Gasteiger partial charge in [-0.3, -0.25) is 0 Å². The topological polar surface area (TPSA) is 43.4 Å². The Hall–Kier alpha value is -0.450. The average molecular weight is 325 g/mol. The van der Waals surface area contributed by atoms with Gasteiger partial charge in [0.25, 0.3) is 0 Å². The molecule has 19 heavy (non-hydrogen) atoms. The van der Waals surface area contributed by atoms with Crippen LogP contribution >= 0.6 is 22.3 Å². The van der Waals surface area contributed by atoms with Crippen LogP contribution in [0.2, 0.25) is 5.02 Å². The summed E-state index contributed by atoms with van der Waals surface area (Å²) in [4.78, 5) is 0. The molecule has 0 fully saturated rings. The van der Waals surface area contributed by atoms with Gasteiger partial charge >= 0.3 is 0 Å². The average Bonchev–Trinajstić information content (AvgIpc) is 2.29. The van der Waals surface area contributed by atoms with Gasteiger partial charge in [0, 0.05) is 15.7 Å². The number of halogens is 2. The number of hydrogen-bond donors (Lipinski definition) is 0. The Morgan fingerprint density at radius 3 is 2.21 bits per heavy atom. The van der Waals surface area contributed by atoms with Crippen molar-refractivity contribution < 1.29 is 13.2 Å². The van der Waals surface area contributed by atoms with E-state index in [0.717, 1.165) is 34.7 Å². The minimum absolute atomic E-state index is 0.0215. The molecule has 0 aliphatic heterocycles. The Bertz CT molecular complexity index is 504. The van der Waals surface area contributed by atoms with Gasteiger partial charge in [0.15, 0.2) is 0 Å². The third kappa shape index (κ3) is 6.50. The predicted molar refractivity (Wildman–Crippen MR) is 79.9 cm³/mol. The summed E-state index contributed by atoms with van der Waals surface area (Å²) in [5, 5.41) is 0.764. The molecule has 0 heterocycles. The van der Waals surface area contributed by atoms with Gasteiger partial charge in [-0.1, -0.05) is 11.6 Å². The first-order chi connectivity index (χ1) is 8.79. The second-order valence-corrected chi connectivity index (χ2v) is 7.80. The summed E-state index contributed by atoms with van der Waals surface area (Å²) in [6, 6.07) is 3.80. The number of unbranched alkanes of at least 4 members (excludes halogenated alkanes) is 2. The standard InChI is InChI=1S/C13H18Cl2O3S/c1-10-8-12(9-11(2)13(10)14)18-6-4-3-5-7-19(15,16)17/h8-9H,3-7H2,1-2H3. The highest BCUT2D eigenvalue weighted by Crippen LogP contribution is 2.25. The van der Waals surface area contributed by atoms with Crippen LogP contribution in [0.15, 0.2) is 12.1 Å². The van der Waals surface area contributed by atoms with Crippen molar-refractivity contribution in [1.29, 1.82) is 0 Å². The highest BCUT2D eigenvalue weighted by atomic mass is 35.7. The Labute approximate surface area is 124 Å². The molecule has 6 heteroatoms. The molecule has 0 aromatic heterocycles. The normalized spacial score (nSPS) is 11.6. The molecule has 0 N–H and O–H groups in total. The summed E-state index contributed by atoms with van der Waals surface area (Å²) in [5.74, 6) is 0.817. The summed E-state index contributed by atoms with van der Waals surface area (Å²) in [5.41, 5.74) is 1.98. The lowest BCUT2D eigenvalue weighted by Gasteiger charge is -2.09. The molecular weight excluding hydrogens is 307 g/mol. The summed E-state index contributed by atoms with van der Waals surface area (Å²) in [7, 11) is 1.76. The van der Waals surface area contributed by atoms with Crippen molar-refractivity contribution in [3.8, 4) is 5.75 Å². The lowest BCUT2D eigenvalue weighted by Crippen LogP contribution is -2.01. The van der Waals surface area contributed by atoms with Crippen LogP contribution in [-0.2, 0) is 9.05 Å². The van der Waals surface area contributed by atoms with E-state index in [1.807, 2.05) is 26.0 Å². The van der Waals surface area contributed by atoms with Gasteiger partial charge in [-0.15, -0.1) is 0 Å². The van der Waals surface area contributed by atoms with E-state index in [0.29, 0.717) is 13.0 Å². The molecule has 1 aromatic carbocycles. The molecule has 1 aromatic rings. The molecule has 0 atom stereocenters. The first kappa shape index (κ1) is 16.6. The summed E-state index contributed by atoms with van der Waals surface area (Å²) in [6.07, 6.45) is 2.14. The van der Waals surface area contributed by atoms with E-state index < -0.39 is 9.05 Å². The van der Waals surface area contributed by atoms with Gasteiger partial charge in [0.1, 0.15) is 5.75 Å². The molecule has 108 valence electrons. The lowest BCUT2D eigenvalue weighted by molar-refractivity contribution is 0.306. The third-order valence-corrected chi connectivity index (χ3v) is 4.55. The third-order valence-electron chi connectivity index (χ3n) is 2.71. The van der Waals surface area contributed by atoms with Crippen molar-refractivity contribution in [2.24, 2.45) is 0 Å². The van der Waals surface area contributed by atoms with Gasteiger partial charge in [0.2, 0.25) is 9.05 Å². The van der Waals surface area contributed by atoms with Crippen molar-refractivity contribution in [2.45, 2.75) is 33.1 Å². The molecule has 0 saturated carbocycles. The van der Waals surface area contributed by atoms with Crippen molar-refractivity contribution in [3.63, 3.8) is 0 Å². The first-order valence-corrected chi connectivity index (χ1v) is 8.97. The fraction of sp³-hybridized carbons (Fsp3) is 0.538. The van der Waals surface area contributed by atoms with Crippen LogP contribution in [0.5, 0.6) is 5.75 Å². The minimum atomic E-state index is -3.36.